The molecule has 0 nitrogen and oxygen atoms in total. The second-order valence-electron chi connectivity index (χ2n) is 17.4. The molecule has 0 aromatic heterocycles. The van der Waals surface area contributed by atoms with Crippen molar-refractivity contribution < 1.29 is 0 Å². The molecule has 8 rings (SSSR count). The number of hydrogen-bond donors (Lipinski definition) is 0. The van der Waals surface area contributed by atoms with E-state index in [1.165, 1.54) is 80.5 Å². The minimum Gasteiger partial charge on any atom is -0.0841 e. The Morgan fingerprint density at radius 2 is 0.682 bits per heavy atom. The van der Waals surface area contributed by atoms with Crippen LogP contribution in [0, 0.1) is 83.1 Å². The zero-order valence-electron chi connectivity index (χ0n) is 42.0. The Hall–Kier alpha value is -4.01. The average molecular weight is 984 g/mol. The zero-order valence-corrected chi connectivity index (χ0v) is 45.8. The molecular formula is C61H73Cl5. The van der Waals surface area contributed by atoms with Gasteiger partial charge in [0.1, 0.15) is 0 Å². The van der Waals surface area contributed by atoms with Crippen LogP contribution in [0.15, 0.2) is 127 Å². The van der Waals surface area contributed by atoms with Gasteiger partial charge < -0.3 is 0 Å². The van der Waals surface area contributed by atoms with Crippen molar-refractivity contribution in [3.05, 3.63) is 242 Å². The number of benzene rings is 7. The molecule has 7 aromatic carbocycles. The molecule has 0 spiro atoms. The maximum Gasteiger partial charge on any atom is 0.0594 e. The highest BCUT2D eigenvalue weighted by atomic mass is 35.5. The van der Waals surface area contributed by atoms with Crippen LogP contribution in [-0.2, 0) is 25.7 Å². The van der Waals surface area contributed by atoms with E-state index in [0.717, 1.165) is 44.6 Å². The summed E-state index contributed by atoms with van der Waals surface area (Å²) in [5, 5.41) is 3.82. The zero-order chi connectivity index (χ0) is 49.5. The summed E-state index contributed by atoms with van der Waals surface area (Å²) < 4.78 is 0. The Kier molecular flexibility index (Phi) is 26.8. The molecule has 0 aliphatic heterocycles. The molecule has 0 amide bonds. The fourth-order valence-electron chi connectivity index (χ4n) is 6.84. The van der Waals surface area contributed by atoms with Gasteiger partial charge in [-0.05, 0) is 207 Å². The predicted octanol–water partition coefficient (Wildman–Crippen LogP) is 20.4. The van der Waals surface area contributed by atoms with Crippen LogP contribution >= 0.6 is 58.0 Å². The fourth-order valence-corrected chi connectivity index (χ4v) is 7.80. The molecule has 0 radical (unpaired) electrons. The average Bonchev–Trinajstić information content (AvgIpc) is 3.75. The van der Waals surface area contributed by atoms with Gasteiger partial charge in [-0.2, -0.15) is 0 Å². The largest absolute Gasteiger partial charge is 0.0841 e. The molecular weight excluding hydrogens is 910 g/mol. The number of hydrogen-bond acceptors (Lipinski definition) is 0. The van der Waals surface area contributed by atoms with Crippen molar-refractivity contribution in [2.75, 3.05) is 0 Å². The Labute approximate surface area is 425 Å². The minimum atomic E-state index is 0.613. The first-order valence-corrected chi connectivity index (χ1v) is 24.8. The van der Waals surface area contributed by atoms with Gasteiger partial charge in [0.15, 0.2) is 0 Å². The van der Waals surface area contributed by atoms with E-state index in [-0.39, 0.29) is 0 Å². The molecule has 0 heterocycles. The number of aryl methyl sites for hydroxylation is 16. The summed E-state index contributed by atoms with van der Waals surface area (Å²) >= 11 is 28.8. The first-order chi connectivity index (χ1) is 31.1. The molecule has 0 N–H and O–H groups in total. The summed E-state index contributed by atoms with van der Waals surface area (Å²) in [4.78, 5) is 0. The Morgan fingerprint density at radius 1 is 0.288 bits per heavy atom. The quantitative estimate of drug-likeness (QED) is 0.162. The van der Waals surface area contributed by atoms with Crippen LogP contribution in [0.25, 0.3) is 0 Å². The Bertz CT molecular complexity index is 2300. The van der Waals surface area contributed by atoms with Crippen LogP contribution in [0.1, 0.15) is 109 Å². The van der Waals surface area contributed by atoms with Gasteiger partial charge in [0.2, 0.25) is 0 Å². The molecule has 0 fully saturated rings. The molecule has 0 saturated heterocycles. The van der Waals surface area contributed by atoms with Crippen molar-refractivity contribution in [1.29, 1.82) is 0 Å². The van der Waals surface area contributed by atoms with Crippen molar-refractivity contribution in [2.45, 2.75) is 129 Å². The van der Waals surface area contributed by atoms with Crippen molar-refractivity contribution in [2.24, 2.45) is 0 Å². The summed E-state index contributed by atoms with van der Waals surface area (Å²) in [5.74, 6) is 0. The lowest BCUT2D eigenvalue weighted by atomic mass is 10.0. The molecule has 1 aliphatic rings. The second-order valence-corrected chi connectivity index (χ2v) is 19.4. The van der Waals surface area contributed by atoms with Gasteiger partial charge in [0.05, 0.1) is 10.0 Å². The molecule has 5 heteroatoms. The first kappa shape index (κ1) is 58.1. The third-order valence-electron chi connectivity index (χ3n) is 11.1. The van der Waals surface area contributed by atoms with E-state index >= 15 is 0 Å². The van der Waals surface area contributed by atoms with E-state index in [1.54, 1.807) is 17.2 Å². The predicted molar refractivity (Wildman–Crippen MR) is 298 cm³/mol. The van der Waals surface area contributed by atoms with E-state index in [4.69, 9.17) is 58.0 Å². The van der Waals surface area contributed by atoms with Crippen LogP contribution in [0.4, 0.5) is 0 Å². The SMILES string of the molecule is CCc1cc(C)ccc1C.CCc1cc(C)ccc1Cl.Cc1ccc(C)c(C)c1.Cc1ccc(C)c(Cl)c1.Cc1ccc(Cl)c(C)c1.Cc1ccc(Cl)c(Cl)c1.Cc1ccc2c(c1)CCC2. The second kappa shape index (κ2) is 30.4. The van der Waals surface area contributed by atoms with Crippen molar-refractivity contribution in [3.8, 4) is 0 Å². The van der Waals surface area contributed by atoms with E-state index in [1.807, 2.05) is 76.2 Å². The number of fused-ring (bicyclic) bond motifs is 1. The van der Waals surface area contributed by atoms with Gasteiger partial charge in [-0.25, -0.2) is 0 Å². The molecule has 0 unspecified atom stereocenters. The van der Waals surface area contributed by atoms with E-state index in [9.17, 15) is 0 Å². The van der Waals surface area contributed by atoms with Crippen LogP contribution in [0.3, 0.4) is 0 Å². The standard InChI is InChI=1S/C10H12.C10H14.C9H11Cl.C9H12.2C8H9Cl.C7H6Cl2/c1-8-5-6-9-3-2-4-10(9)7-8;1-4-10-7-8(2)5-6-9(10)3;1-3-8-6-7(2)4-5-9(8)10;1-7-4-5-8(2)9(3)6-7;1-6-3-4-8(9)7(2)5-6;1-6-3-4-7(2)8(9)5-6;1-5-2-3-6(8)7(9)4-5/h5-7H,2-4H2,1H3;5-7H,4H2,1-3H3;4-6H,3H2,1-2H3;4-6H,1-3H3;2*3-5H,1-2H3;2-4H,1H3. The third-order valence-corrected chi connectivity index (χ3v) is 13.0. The molecule has 352 valence electrons. The Balaban J connectivity index is 0.000000265. The van der Waals surface area contributed by atoms with Crippen LogP contribution in [0.5, 0.6) is 0 Å². The summed E-state index contributed by atoms with van der Waals surface area (Å²) in [6.45, 7) is 29.3. The normalized spacial score (nSPS) is 10.6. The topological polar surface area (TPSA) is 0 Å². The summed E-state index contributed by atoms with van der Waals surface area (Å²) in [5.41, 5.74) is 21.3. The molecule has 0 atom stereocenters. The highest BCUT2D eigenvalue weighted by Gasteiger charge is 2.09. The molecule has 1 aliphatic carbocycles. The molecule has 0 saturated carbocycles. The van der Waals surface area contributed by atoms with Gasteiger partial charge in [0.25, 0.3) is 0 Å². The highest BCUT2D eigenvalue weighted by molar-refractivity contribution is 6.42. The summed E-state index contributed by atoms with van der Waals surface area (Å²) in [6.07, 6.45) is 6.12. The van der Waals surface area contributed by atoms with Crippen LogP contribution < -0.4 is 0 Å². The lowest BCUT2D eigenvalue weighted by Gasteiger charge is -2.02. The number of halogens is 5. The summed E-state index contributed by atoms with van der Waals surface area (Å²) in [6, 6.07) is 43.6. The fraction of sp³-hybridized carbons (Fsp3) is 0.311. The van der Waals surface area contributed by atoms with Crippen LogP contribution in [-0.4, -0.2) is 0 Å². The van der Waals surface area contributed by atoms with Gasteiger partial charge in [-0.3, -0.25) is 0 Å². The highest BCUT2D eigenvalue weighted by Crippen LogP contribution is 2.23. The smallest absolute Gasteiger partial charge is 0.0594 e. The van der Waals surface area contributed by atoms with Gasteiger partial charge in [-0.15, -0.1) is 0 Å². The van der Waals surface area contributed by atoms with Gasteiger partial charge in [-0.1, -0.05) is 197 Å². The first-order valence-electron chi connectivity index (χ1n) is 22.9. The van der Waals surface area contributed by atoms with Crippen LogP contribution in [0.2, 0.25) is 25.1 Å². The lowest BCUT2D eigenvalue weighted by molar-refractivity contribution is 0.911. The van der Waals surface area contributed by atoms with Crippen molar-refractivity contribution in [1.82, 2.24) is 0 Å². The van der Waals surface area contributed by atoms with Crippen molar-refractivity contribution >= 4 is 58.0 Å². The van der Waals surface area contributed by atoms with E-state index in [0.29, 0.717) is 10.0 Å². The third kappa shape index (κ3) is 22.2. The van der Waals surface area contributed by atoms with E-state index in [2.05, 4.69) is 142 Å². The molecule has 0 bridgehead atoms. The Morgan fingerprint density at radius 3 is 1.11 bits per heavy atom. The van der Waals surface area contributed by atoms with Gasteiger partial charge >= 0.3 is 0 Å². The monoisotopic (exact) mass is 980 g/mol. The van der Waals surface area contributed by atoms with Crippen molar-refractivity contribution in [3.63, 3.8) is 0 Å². The number of rotatable bonds is 2. The maximum atomic E-state index is 5.90. The minimum absolute atomic E-state index is 0.613. The summed E-state index contributed by atoms with van der Waals surface area (Å²) in [7, 11) is 0. The van der Waals surface area contributed by atoms with E-state index < -0.39 is 0 Å². The van der Waals surface area contributed by atoms with Gasteiger partial charge in [0, 0.05) is 15.1 Å². The molecule has 66 heavy (non-hydrogen) atoms. The maximum absolute atomic E-state index is 5.90. The lowest BCUT2D eigenvalue weighted by Crippen LogP contribution is -1.86. The molecule has 7 aromatic rings.